The van der Waals surface area contributed by atoms with E-state index in [1.54, 1.807) is 9.58 Å². The molecule has 2 heterocycles. The largest absolute Gasteiger partial charge is 0.444 e. The standard InChI is InChI=1S/C19H24N4O2/c1-14-6-5-7-16(12-14)23-13-17(20-21-23)15-8-10-22(11-9-15)18(24)25-19(2,3)4/h5-8,12-13H,9-11H2,1-4H3. The van der Waals surface area contributed by atoms with Crippen LogP contribution in [-0.4, -0.2) is 44.7 Å². The maximum absolute atomic E-state index is 12.1. The van der Waals surface area contributed by atoms with Gasteiger partial charge in [-0.3, -0.25) is 0 Å². The number of aryl methyl sites for hydroxylation is 1. The lowest BCUT2D eigenvalue weighted by atomic mass is 10.1. The van der Waals surface area contributed by atoms with Crippen LogP contribution in [-0.2, 0) is 4.74 Å². The summed E-state index contributed by atoms with van der Waals surface area (Å²) in [5.41, 5.74) is 3.66. The molecule has 0 saturated carbocycles. The highest BCUT2D eigenvalue weighted by molar-refractivity contribution is 5.71. The fourth-order valence-corrected chi connectivity index (χ4v) is 2.70. The highest BCUT2D eigenvalue weighted by Crippen LogP contribution is 2.22. The molecule has 0 spiro atoms. The van der Waals surface area contributed by atoms with Crippen LogP contribution in [0.1, 0.15) is 38.4 Å². The maximum Gasteiger partial charge on any atom is 0.410 e. The number of carbonyl (C=O) groups is 1. The van der Waals surface area contributed by atoms with E-state index in [2.05, 4.69) is 29.4 Å². The van der Waals surface area contributed by atoms with E-state index >= 15 is 0 Å². The SMILES string of the molecule is Cc1cccc(-n2cc(C3=CCN(C(=O)OC(C)(C)C)CC3)nn2)c1. The number of aromatic nitrogens is 3. The summed E-state index contributed by atoms with van der Waals surface area (Å²) in [4.78, 5) is 13.8. The van der Waals surface area contributed by atoms with Crippen LogP contribution in [0.5, 0.6) is 0 Å². The Kier molecular flexibility index (Phi) is 4.61. The Balaban J connectivity index is 1.69. The first-order valence-electron chi connectivity index (χ1n) is 8.48. The summed E-state index contributed by atoms with van der Waals surface area (Å²) in [6.07, 6.45) is 4.43. The van der Waals surface area contributed by atoms with E-state index in [4.69, 9.17) is 4.74 Å². The van der Waals surface area contributed by atoms with Gasteiger partial charge >= 0.3 is 6.09 Å². The predicted molar refractivity (Wildman–Crippen MR) is 96.5 cm³/mol. The van der Waals surface area contributed by atoms with Gasteiger partial charge < -0.3 is 9.64 Å². The molecule has 25 heavy (non-hydrogen) atoms. The van der Waals surface area contributed by atoms with Gasteiger partial charge in [0.05, 0.1) is 11.9 Å². The van der Waals surface area contributed by atoms with Crippen molar-refractivity contribution in [1.29, 1.82) is 0 Å². The number of benzene rings is 1. The first-order chi connectivity index (χ1) is 11.8. The molecule has 0 bridgehead atoms. The lowest BCUT2D eigenvalue weighted by Gasteiger charge is -2.29. The third-order valence-electron chi connectivity index (χ3n) is 3.95. The molecular weight excluding hydrogens is 316 g/mol. The van der Waals surface area contributed by atoms with Crippen LogP contribution in [0.15, 0.2) is 36.5 Å². The van der Waals surface area contributed by atoms with Crippen LogP contribution in [0.4, 0.5) is 4.79 Å². The Labute approximate surface area is 148 Å². The highest BCUT2D eigenvalue weighted by atomic mass is 16.6. The smallest absolute Gasteiger partial charge is 0.410 e. The van der Waals surface area contributed by atoms with Gasteiger partial charge in [-0.15, -0.1) is 5.10 Å². The second-order valence-electron chi connectivity index (χ2n) is 7.29. The Morgan fingerprint density at radius 1 is 1.28 bits per heavy atom. The van der Waals surface area contributed by atoms with E-state index in [9.17, 15) is 4.79 Å². The van der Waals surface area contributed by atoms with Gasteiger partial charge in [0.2, 0.25) is 0 Å². The zero-order valence-electron chi connectivity index (χ0n) is 15.2. The van der Waals surface area contributed by atoms with E-state index in [1.807, 2.05) is 45.2 Å². The van der Waals surface area contributed by atoms with Gasteiger partial charge in [0, 0.05) is 13.1 Å². The van der Waals surface area contributed by atoms with E-state index in [1.165, 1.54) is 5.56 Å². The zero-order chi connectivity index (χ0) is 18.0. The molecule has 6 nitrogen and oxygen atoms in total. The minimum absolute atomic E-state index is 0.272. The van der Waals surface area contributed by atoms with Gasteiger partial charge in [-0.25, -0.2) is 9.48 Å². The number of amides is 1. The van der Waals surface area contributed by atoms with Crippen LogP contribution in [0.3, 0.4) is 0 Å². The molecule has 0 saturated heterocycles. The van der Waals surface area contributed by atoms with E-state index in [0.717, 1.165) is 23.4 Å². The summed E-state index contributed by atoms with van der Waals surface area (Å²) in [5, 5.41) is 8.51. The van der Waals surface area contributed by atoms with E-state index in [-0.39, 0.29) is 6.09 Å². The number of carbonyl (C=O) groups excluding carboxylic acids is 1. The number of rotatable bonds is 2. The Morgan fingerprint density at radius 3 is 2.72 bits per heavy atom. The average Bonchev–Trinajstić information content (AvgIpc) is 3.03. The fraction of sp³-hybridized carbons (Fsp3) is 0.421. The molecule has 3 rings (SSSR count). The average molecular weight is 340 g/mol. The van der Waals surface area contributed by atoms with Crippen molar-refractivity contribution in [2.45, 2.75) is 39.7 Å². The van der Waals surface area contributed by atoms with Crippen LogP contribution >= 0.6 is 0 Å². The molecule has 6 heteroatoms. The van der Waals surface area contributed by atoms with Gasteiger partial charge in [-0.05, 0) is 57.4 Å². The summed E-state index contributed by atoms with van der Waals surface area (Å²) in [6, 6.07) is 8.13. The topological polar surface area (TPSA) is 60.2 Å². The summed E-state index contributed by atoms with van der Waals surface area (Å²) < 4.78 is 7.20. The zero-order valence-corrected chi connectivity index (χ0v) is 15.2. The number of nitrogens with zero attached hydrogens (tertiary/aromatic N) is 4. The van der Waals surface area contributed by atoms with Gasteiger partial charge in [0.15, 0.2) is 0 Å². The van der Waals surface area contributed by atoms with Crippen molar-refractivity contribution in [2.75, 3.05) is 13.1 Å². The van der Waals surface area contributed by atoms with Crippen LogP contribution in [0.2, 0.25) is 0 Å². The quantitative estimate of drug-likeness (QED) is 0.838. The van der Waals surface area contributed by atoms with Crippen LogP contribution < -0.4 is 0 Å². The predicted octanol–water partition coefficient (Wildman–Crippen LogP) is 3.60. The maximum atomic E-state index is 12.1. The van der Waals surface area contributed by atoms with Gasteiger partial charge in [0.1, 0.15) is 11.3 Å². The van der Waals surface area contributed by atoms with E-state index in [0.29, 0.717) is 13.1 Å². The number of hydrogen-bond acceptors (Lipinski definition) is 4. The molecule has 0 atom stereocenters. The Hall–Kier alpha value is -2.63. The van der Waals surface area contributed by atoms with E-state index < -0.39 is 5.60 Å². The normalized spacial score (nSPS) is 15.0. The van der Waals surface area contributed by atoms with Gasteiger partial charge in [0.25, 0.3) is 0 Å². The molecule has 1 aliphatic heterocycles. The lowest BCUT2D eigenvalue weighted by molar-refractivity contribution is 0.0270. The third kappa shape index (κ3) is 4.26. The lowest BCUT2D eigenvalue weighted by Crippen LogP contribution is -2.39. The molecular formula is C19H24N4O2. The van der Waals surface area contributed by atoms with Crippen molar-refractivity contribution in [1.82, 2.24) is 19.9 Å². The second-order valence-corrected chi connectivity index (χ2v) is 7.29. The third-order valence-corrected chi connectivity index (χ3v) is 3.95. The highest BCUT2D eigenvalue weighted by Gasteiger charge is 2.24. The Bertz CT molecular complexity index is 802. The van der Waals surface area contributed by atoms with Crippen molar-refractivity contribution >= 4 is 11.7 Å². The van der Waals surface area contributed by atoms with Crippen molar-refractivity contribution in [3.8, 4) is 5.69 Å². The van der Waals surface area contributed by atoms with Gasteiger partial charge in [-0.2, -0.15) is 0 Å². The molecule has 2 aromatic rings. The van der Waals surface area contributed by atoms with Crippen molar-refractivity contribution in [3.63, 3.8) is 0 Å². The molecule has 0 N–H and O–H groups in total. The molecule has 0 fully saturated rings. The molecule has 0 unspecified atom stereocenters. The molecule has 1 aliphatic rings. The first-order valence-corrected chi connectivity index (χ1v) is 8.48. The number of ether oxygens (including phenoxy) is 1. The molecule has 1 amide bonds. The molecule has 132 valence electrons. The summed E-state index contributed by atoms with van der Waals surface area (Å²) in [7, 11) is 0. The summed E-state index contributed by atoms with van der Waals surface area (Å²) in [6.45, 7) is 8.83. The van der Waals surface area contributed by atoms with Crippen molar-refractivity contribution in [3.05, 3.63) is 47.8 Å². The number of hydrogen-bond donors (Lipinski definition) is 0. The second kappa shape index (κ2) is 6.70. The fourth-order valence-electron chi connectivity index (χ4n) is 2.70. The minimum atomic E-state index is -0.475. The first kappa shape index (κ1) is 17.2. The monoisotopic (exact) mass is 340 g/mol. The van der Waals surface area contributed by atoms with Crippen LogP contribution in [0.25, 0.3) is 11.3 Å². The summed E-state index contributed by atoms with van der Waals surface area (Å²) >= 11 is 0. The van der Waals surface area contributed by atoms with Gasteiger partial charge in [-0.1, -0.05) is 23.4 Å². The molecule has 1 aromatic heterocycles. The van der Waals surface area contributed by atoms with Crippen molar-refractivity contribution in [2.24, 2.45) is 0 Å². The van der Waals surface area contributed by atoms with Crippen LogP contribution in [0, 0.1) is 6.92 Å². The minimum Gasteiger partial charge on any atom is -0.444 e. The molecule has 0 aliphatic carbocycles. The molecule has 1 aromatic carbocycles. The molecule has 0 radical (unpaired) electrons. The Morgan fingerprint density at radius 2 is 2.08 bits per heavy atom. The van der Waals surface area contributed by atoms with Crippen molar-refractivity contribution < 1.29 is 9.53 Å². The summed E-state index contributed by atoms with van der Waals surface area (Å²) in [5.74, 6) is 0.